The zero-order valence-electron chi connectivity index (χ0n) is 18.4. The Hall–Kier alpha value is -4.21. The van der Waals surface area contributed by atoms with Crippen LogP contribution in [0.3, 0.4) is 0 Å². The minimum atomic E-state index is -0.584. The molecule has 1 amide bonds. The molecule has 10 heteroatoms. The van der Waals surface area contributed by atoms with Crippen LogP contribution in [0.15, 0.2) is 46.9 Å². The van der Waals surface area contributed by atoms with Gasteiger partial charge in [-0.25, -0.2) is 14.1 Å². The number of hydrogen-bond donors (Lipinski definition) is 2. The molecule has 0 saturated heterocycles. The molecule has 0 saturated carbocycles. The Morgan fingerprint density at radius 3 is 2.70 bits per heavy atom. The van der Waals surface area contributed by atoms with E-state index >= 15 is 0 Å². The molecular weight excluding hydrogens is 427 g/mol. The predicted molar refractivity (Wildman–Crippen MR) is 120 cm³/mol. The van der Waals surface area contributed by atoms with E-state index in [0.717, 1.165) is 11.3 Å². The van der Waals surface area contributed by atoms with E-state index in [0.29, 0.717) is 35.2 Å². The van der Waals surface area contributed by atoms with Crippen LogP contribution in [0.4, 0.5) is 15.9 Å². The highest BCUT2D eigenvalue weighted by Gasteiger charge is 2.20. The van der Waals surface area contributed by atoms with Crippen molar-refractivity contribution in [2.75, 3.05) is 17.7 Å². The second kappa shape index (κ2) is 9.11. The minimum absolute atomic E-state index is 0.0616. The van der Waals surface area contributed by atoms with Crippen LogP contribution < -0.4 is 15.8 Å². The average Bonchev–Trinajstić information content (AvgIpc) is 3.34. The van der Waals surface area contributed by atoms with Gasteiger partial charge in [0.15, 0.2) is 11.5 Å². The van der Waals surface area contributed by atoms with Gasteiger partial charge in [0.05, 0.1) is 13.2 Å². The summed E-state index contributed by atoms with van der Waals surface area (Å²) >= 11 is 0. The molecule has 2 aromatic heterocycles. The van der Waals surface area contributed by atoms with Crippen molar-refractivity contribution < 1.29 is 18.3 Å². The molecule has 4 aromatic rings. The molecule has 33 heavy (non-hydrogen) atoms. The van der Waals surface area contributed by atoms with Crippen LogP contribution in [-0.4, -0.2) is 32.5 Å². The topological polar surface area (TPSA) is 121 Å². The van der Waals surface area contributed by atoms with Crippen LogP contribution in [0.1, 0.15) is 34.4 Å². The third kappa shape index (κ3) is 4.69. The molecule has 0 aliphatic heterocycles. The minimum Gasteiger partial charge on any atom is -0.494 e. The zero-order valence-corrected chi connectivity index (χ0v) is 18.4. The van der Waals surface area contributed by atoms with Crippen LogP contribution in [0.2, 0.25) is 0 Å². The van der Waals surface area contributed by atoms with Crippen molar-refractivity contribution in [2.45, 2.75) is 27.3 Å². The fourth-order valence-electron chi connectivity index (χ4n) is 3.21. The third-order valence-electron chi connectivity index (χ3n) is 5.04. The number of oxazole rings is 1. The van der Waals surface area contributed by atoms with Crippen molar-refractivity contribution in [1.82, 2.24) is 20.0 Å². The Labute approximate surface area is 189 Å². The summed E-state index contributed by atoms with van der Waals surface area (Å²) in [5.41, 5.74) is 8.49. The van der Waals surface area contributed by atoms with Crippen molar-refractivity contribution in [2.24, 2.45) is 0 Å². The van der Waals surface area contributed by atoms with E-state index in [2.05, 4.69) is 20.6 Å². The van der Waals surface area contributed by atoms with Crippen LogP contribution in [0, 0.1) is 19.7 Å². The molecule has 0 spiro atoms. The number of aromatic nitrogens is 4. The van der Waals surface area contributed by atoms with Gasteiger partial charge in [-0.05, 0) is 62.7 Å². The van der Waals surface area contributed by atoms with Crippen LogP contribution in [0.25, 0.3) is 11.5 Å². The van der Waals surface area contributed by atoms with E-state index in [9.17, 15) is 9.18 Å². The van der Waals surface area contributed by atoms with Crippen molar-refractivity contribution in [3.8, 4) is 17.2 Å². The number of nitrogens with zero attached hydrogens (tertiary/aromatic N) is 4. The maximum Gasteiger partial charge on any atom is 0.280 e. The molecule has 2 aromatic carbocycles. The Morgan fingerprint density at radius 2 is 1.97 bits per heavy atom. The summed E-state index contributed by atoms with van der Waals surface area (Å²) in [5, 5.41) is 10.5. The SMILES string of the molecule is CCOc1ccc(-c2nc(Cn3nnc(C(=O)Nc4cc(F)ccc4C)c3N)c(C)o2)cc1. The van der Waals surface area contributed by atoms with Gasteiger partial charge in [-0.2, -0.15) is 0 Å². The highest BCUT2D eigenvalue weighted by atomic mass is 19.1. The Bertz CT molecular complexity index is 1300. The van der Waals surface area contributed by atoms with Crippen LogP contribution in [-0.2, 0) is 6.54 Å². The van der Waals surface area contributed by atoms with Gasteiger partial charge < -0.3 is 20.2 Å². The molecule has 2 heterocycles. The van der Waals surface area contributed by atoms with Crippen LogP contribution in [0.5, 0.6) is 5.75 Å². The Morgan fingerprint density at radius 1 is 1.21 bits per heavy atom. The van der Waals surface area contributed by atoms with Gasteiger partial charge in [-0.1, -0.05) is 11.3 Å². The smallest absolute Gasteiger partial charge is 0.280 e. The fraction of sp³-hybridized carbons (Fsp3) is 0.217. The predicted octanol–water partition coefficient (Wildman–Crippen LogP) is 3.97. The molecule has 3 N–H and O–H groups in total. The normalized spacial score (nSPS) is 10.9. The van der Waals surface area contributed by atoms with Crippen molar-refractivity contribution in [3.63, 3.8) is 0 Å². The number of carbonyl (C=O) groups is 1. The molecular formula is C23H23FN6O3. The van der Waals surface area contributed by atoms with E-state index in [1.165, 1.54) is 16.8 Å². The molecule has 0 aliphatic carbocycles. The summed E-state index contributed by atoms with van der Waals surface area (Å²) in [4.78, 5) is 17.2. The van der Waals surface area contributed by atoms with Gasteiger partial charge in [-0.15, -0.1) is 5.10 Å². The summed E-state index contributed by atoms with van der Waals surface area (Å²) in [6.45, 7) is 6.21. The number of benzene rings is 2. The molecule has 9 nitrogen and oxygen atoms in total. The summed E-state index contributed by atoms with van der Waals surface area (Å²) in [7, 11) is 0. The Kier molecular flexibility index (Phi) is 6.07. The summed E-state index contributed by atoms with van der Waals surface area (Å²) in [6, 6.07) is 11.5. The number of nitrogens with two attached hydrogens (primary N) is 1. The fourth-order valence-corrected chi connectivity index (χ4v) is 3.21. The zero-order chi connectivity index (χ0) is 23.5. The van der Waals surface area contributed by atoms with E-state index in [4.69, 9.17) is 14.9 Å². The highest BCUT2D eigenvalue weighted by molar-refractivity contribution is 6.06. The average molecular weight is 450 g/mol. The van der Waals surface area contributed by atoms with Gasteiger partial charge in [0.1, 0.15) is 23.0 Å². The molecule has 4 rings (SSSR count). The van der Waals surface area contributed by atoms with Gasteiger partial charge in [0.25, 0.3) is 5.91 Å². The number of nitrogen functional groups attached to an aromatic ring is 1. The monoisotopic (exact) mass is 450 g/mol. The standard InChI is InChI=1S/C23H23FN6O3/c1-4-32-17-9-6-15(7-10-17)23-27-19(14(3)33-23)12-30-21(25)20(28-29-30)22(31)26-18-11-16(24)8-5-13(18)2/h5-11H,4,12,25H2,1-3H3,(H,26,31). The van der Waals surface area contributed by atoms with Gasteiger partial charge in [-0.3, -0.25) is 4.79 Å². The lowest BCUT2D eigenvalue weighted by Gasteiger charge is -2.07. The lowest BCUT2D eigenvalue weighted by Crippen LogP contribution is -2.16. The number of amides is 1. The number of carbonyl (C=O) groups excluding carboxylic acids is 1. The maximum absolute atomic E-state index is 13.5. The lowest BCUT2D eigenvalue weighted by atomic mass is 10.2. The number of ether oxygens (including phenoxy) is 1. The van der Waals surface area contributed by atoms with E-state index in [1.807, 2.05) is 31.2 Å². The van der Waals surface area contributed by atoms with Gasteiger partial charge in [0.2, 0.25) is 5.89 Å². The number of aryl methyl sites for hydroxylation is 2. The lowest BCUT2D eigenvalue weighted by molar-refractivity contribution is 0.102. The first-order chi connectivity index (χ1) is 15.9. The Balaban J connectivity index is 1.51. The van der Waals surface area contributed by atoms with Gasteiger partial charge >= 0.3 is 0 Å². The van der Waals surface area contributed by atoms with Crippen molar-refractivity contribution >= 4 is 17.4 Å². The molecule has 0 unspecified atom stereocenters. The van der Waals surface area contributed by atoms with E-state index < -0.39 is 11.7 Å². The molecule has 0 aliphatic rings. The quantitative estimate of drug-likeness (QED) is 0.437. The van der Waals surface area contributed by atoms with Gasteiger partial charge in [0, 0.05) is 11.3 Å². The third-order valence-corrected chi connectivity index (χ3v) is 5.04. The maximum atomic E-state index is 13.5. The molecule has 0 radical (unpaired) electrons. The summed E-state index contributed by atoms with van der Waals surface area (Å²) < 4.78 is 26.1. The van der Waals surface area contributed by atoms with E-state index in [1.54, 1.807) is 19.9 Å². The first-order valence-corrected chi connectivity index (χ1v) is 10.3. The van der Waals surface area contributed by atoms with E-state index in [-0.39, 0.29) is 18.1 Å². The largest absolute Gasteiger partial charge is 0.494 e. The van der Waals surface area contributed by atoms with Crippen molar-refractivity contribution in [1.29, 1.82) is 0 Å². The number of anilines is 2. The number of nitrogens with one attached hydrogen (secondary N) is 1. The second-order valence-corrected chi connectivity index (χ2v) is 7.37. The first-order valence-electron chi connectivity index (χ1n) is 10.3. The van der Waals surface area contributed by atoms with Crippen molar-refractivity contribution in [3.05, 3.63) is 71.0 Å². The number of halogens is 1. The number of rotatable bonds is 7. The van der Waals surface area contributed by atoms with Crippen LogP contribution >= 0.6 is 0 Å². The first kappa shape index (κ1) is 22.0. The number of hydrogen-bond acceptors (Lipinski definition) is 7. The summed E-state index contributed by atoms with van der Waals surface area (Å²) in [6.07, 6.45) is 0. The highest BCUT2D eigenvalue weighted by Crippen LogP contribution is 2.25. The molecule has 0 atom stereocenters. The molecule has 170 valence electrons. The molecule has 0 bridgehead atoms. The molecule has 0 fully saturated rings. The summed E-state index contributed by atoms with van der Waals surface area (Å²) in [5.74, 6) is 0.821. The second-order valence-electron chi connectivity index (χ2n) is 7.37.